The maximum atomic E-state index is 10.6. The predicted octanol–water partition coefficient (Wildman–Crippen LogP) is 1.85. The van der Waals surface area contributed by atoms with Crippen LogP contribution in [-0.2, 0) is 0 Å². The lowest BCUT2D eigenvalue weighted by Gasteiger charge is -2.00. The quantitative estimate of drug-likeness (QED) is 0.507. The SMILES string of the molecule is Cc1c([N+](=O)[O-])ccc2ncncc12. The topological polar surface area (TPSA) is 68.9 Å². The molecule has 1 aromatic carbocycles. The first kappa shape index (κ1) is 8.55. The Bertz CT molecular complexity index is 510. The van der Waals surface area contributed by atoms with Gasteiger partial charge in [-0.15, -0.1) is 0 Å². The predicted molar refractivity (Wildman–Crippen MR) is 50.9 cm³/mol. The fraction of sp³-hybridized carbons (Fsp3) is 0.111. The third-order valence-corrected chi connectivity index (χ3v) is 2.13. The van der Waals surface area contributed by atoms with Crippen molar-refractivity contribution in [2.45, 2.75) is 6.92 Å². The molecule has 5 nitrogen and oxygen atoms in total. The second-order valence-electron chi connectivity index (χ2n) is 2.92. The van der Waals surface area contributed by atoms with Crippen LogP contribution in [0.3, 0.4) is 0 Å². The second kappa shape index (κ2) is 3.02. The van der Waals surface area contributed by atoms with Crippen LogP contribution in [0.25, 0.3) is 10.9 Å². The van der Waals surface area contributed by atoms with Crippen LogP contribution < -0.4 is 0 Å². The van der Waals surface area contributed by atoms with Gasteiger partial charge < -0.3 is 0 Å². The van der Waals surface area contributed by atoms with E-state index in [1.165, 1.54) is 12.4 Å². The molecular formula is C9H7N3O2. The normalized spacial score (nSPS) is 10.4. The van der Waals surface area contributed by atoms with Gasteiger partial charge in [0.2, 0.25) is 0 Å². The van der Waals surface area contributed by atoms with Crippen LogP contribution in [0.2, 0.25) is 0 Å². The Hall–Kier alpha value is -2.04. The van der Waals surface area contributed by atoms with Crippen LogP contribution in [0.4, 0.5) is 5.69 Å². The van der Waals surface area contributed by atoms with Gasteiger partial charge >= 0.3 is 0 Å². The number of hydrogen-bond donors (Lipinski definition) is 0. The monoisotopic (exact) mass is 189 g/mol. The second-order valence-corrected chi connectivity index (χ2v) is 2.92. The van der Waals surface area contributed by atoms with Crippen LogP contribution in [0.15, 0.2) is 24.7 Å². The highest BCUT2D eigenvalue weighted by Gasteiger charge is 2.12. The van der Waals surface area contributed by atoms with Gasteiger partial charge in [0.25, 0.3) is 5.69 Å². The standard InChI is InChI=1S/C9H7N3O2/c1-6-7-4-10-5-11-8(7)2-3-9(6)12(13)14/h2-5H,1H3. The fourth-order valence-electron chi connectivity index (χ4n) is 1.38. The van der Waals surface area contributed by atoms with Crippen LogP contribution in [-0.4, -0.2) is 14.9 Å². The number of hydrogen-bond acceptors (Lipinski definition) is 4. The van der Waals surface area contributed by atoms with E-state index in [1.54, 1.807) is 19.2 Å². The van der Waals surface area contributed by atoms with Crippen molar-refractivity contribution < 1.29 is 4.92 Å². The van der Waals surface area contributed by atoms with Gasteiger partial charge in [-0.1, -0.05) is 0 Å². The molecule has 0 aliphatic heterocycles. The molecule has 1 heterocycles. The molecule has 0 spiro atoms. The lowest BCUT2D eigenvalue weighted by Crippen LogP contribution is -1.93. The molecule has 0 N–H and O–H groups in total. The zero-order valence-corrected chi connectivity index (χ0v) is 7.47. The van der Waals surface area contributed by atoms with Gasteiger partial charge in [0.1, 0.15) is 6.33 Å². The highest BCUT2D eigenvalue weighted by Crippen LogP contribution is 2.24. The zero-order chi connectivity index (χ0) is 10.1. The van der Waals surface area contributed by atoms with Gasteiger partial charge in [0.15, 0.2) is 0 Å². The zero-order valence-electron chi connectivity index (χ0n) is 7.47. The Morgan fingerprint density at radius 2 is 2.21 bits per heavy atom. The summed E-state index contributed by atoms with van der Waals surface area (Å²) < 4.78 is 0. The van der Waals surface area contributed by atoms with E-state index in [0.717, 1.165) is 10.9 Å². The first-order valence-electron chi connectivity index (χ1n) is 4.04. The minimum atomic E-state index is -0.401. The minimum absolute atomic E-state index is 0.104. The number of benzene rings is 1. The van der Waals surface area contributed by atoms with E-state index in [0.29, 0.717) is 5.56 Å². The smallest absolute Gasteiger partial charge is 0.258 e. The van der Waals surface area contributed by atoms with Crippen molar-refractivity contribution in [3.05, 3.63) is 40.3 Å². The highest BCUT2D eigenvalue weighted by molar-refractivity contribution is 5.84. The summed E-state index contributed by atoms with van der Waals surface area (Å²) in [5.74, 6) is 0. The van der Waals surface area contributed by atoms with Crippen molar-refractivity contribution in [3.63, 3.8) is 0 Å². The highest BCUT2D eigenvalue weighted by atomic mass is 16.6. The summed E-state index contributed by atoms with van der Waals surface area (Å²) in [4.78, 5) is 18.1. The van der Waals surface area contributed by atoms with E-state index in [4.69, 9.17) is 0 Å². The lowest BCUT2D eigenvalue weighted by molar-refractivity contribution is -0.385. The Labute approximate surface area is 79.6 Å². The lowest BCUT2D eigenvalue weighted by atomic mass is 10.1. The van der Waals surface area contributed by atoms with Crippen molar-refractivity contribution in [2.24, 2.45) is 0 Å². The van der Waals surface area contributed by atoms with Gasteiger partial charge in [0, 0.05) is 23.2 Å². The third-order valence-electron chi connectivity index (χ3n) is 2.13. The molecule has 14 heavy (non-hydrogen) atoms. The Kier molecular flexibility index (Phi) is 1.85. The molecule has 5 heteroatoms. The number of nitro benzene ring substituents is 1. The number of nitro groups is 1. The number of aryl methyl sites for hydroxylation is 1. The van der Waals surface area contributed by atoms with Gasteiger partial charge in [-0.2, -0.15) is 0 Å². The molecule has 0 aliphatic carbocycles. The summed E-state index contributed by atoms with van der Waals surface area (Å²) >= 11 is 0. The molecule has 2 aromatic rings. The summed E-state index contributed by atoms with van der Waals surface area (Å²) in [6.07, 6.45) is 3.01. The van der Waals surface area contributed by atoms with Crippen LogP contribution in [0.5, 0.6) is 0 Å². The summed E-state index contributed by atoms with van der Waals surface area (Å²) in [5.41, 5.74) is 1.43. The van der Waals surface area contributed by atoms with E-state index in [9.17, 15) is 10.1 Å². The van der Waals surface area contributed by atoms with E-state index in [2.05, 4.69) is 9.97 Å². The van der Waals surface area contributed by atoms with Gasteiger partial charge in [-0.3, -0.25) is 10.1 Å². The number of fused-ring (bicyclic) bond motifs is 1. The summed E-state index contributed by atoms with van der Waals surface area (Å²) in [6.45, 7) is 1.70. The molecule has 0 amide bonds. The van der Waals surface area contributed by atoms with Crippen molar-refractivity contribution in [1.29, 1.82) is 0 Å². The molecule has 0 unspecified atom stereocenters. The van der Waals surface area contributed by atoms with E-state index in [-0.39, 0.29) is 5.69 Å². The minimum Gasteiger partial charge on any atom is -0.258 e. The number of nitrogens with zero attached hydrogens (tertiary/aromatic N) is 3. The van der Waals surface area contributed by atoms with Crippen molar-refractivity contribution in [2.75, 3.05) is 0 Å². The maximum Gasteiger partial charge on any atom is 0.273 e. The molecule has 0 saturated carbocycles. The first-order chi connectivity index (χ1) is 6.70. The van der Waals surface area contributed by atoms with E-state index < -0.39 is 4.92 Å². The summed E-state index contributed by atoms with van der Waals surface area (Å²) in [5, 5.41) is 11.4. The Balaban J connectivity index is 2.81. The number of rotatable bonds is 1. The number of aromatic nitrogens is 2. The molecule has 70 valence electrons. The molecule has 0 radical (unpaired) electrons. The summed E-state index contributed by atoms with van der Waals surface area (Å²) in [7, 11) is 0. The van der Waals surface area contributed by atoms with Crippen LogP contribution >= 0.6 is 0 Å². The maximum absolute atomic E-state index is 10.6. The van der Waals surface area contributed by atoms with Crippen molar-refractivity contribution in [1.82, 2.24) is 9.97 Å². The largest absolute Gasteiger partial charge is 0.273 e. The van der Waals surface area contributed by atoms with Crippen LogP contribution in [0.1, 0.15) is 5.56 Å². The molecule has 0 atom stereocenters. The van der Waals surface area contributed by atoms with Crippen molar-refractivity contribution in [3.8, 4) is 0 Å². The molecule has 2 rings (SSSR count). The Morgan fingerprint density at radius 3 is 2.93 bits per heavy atom. The summed E-state index contributed by atoms with van der Waals surface area (Å²) in [6, 6.07) is 3.09. The van der Waals surface area contributed by atoms with E-state index >= 15 is 0 Å². The Morgan fingerprint density at radius 1 is 1.43 bits per heavy atom. The van der Waals surface area contributed by atoms with Crippen molar-refractivity contribution >= 4 is 16.6 Å². The van der Waals surface area contributed by atoms with Gasteiger partial charge in [-0.05, 0) is 13.0 Å². The third kappa shape index (κ3) is 1.19. The first-order valence-corrected chi connectivity index (χ1v) is 4.04. The molecule has 1 aromatic heterocycles. The average Bonchev–Trinajstić information content (AvgIpc) is 2.18. The van der Waals surface area contributed by atoms with Gasteiger partial charge in [-0.25, -0.2) is 9.97 Å². The molecule has 0 aliphatic rings. The molecule has 0 fully saturated rings. The molecule has 0 bridgehead atoms. The van der Waals surface area contributed by atoms with E-state index in [1.807, 2.05) is 0 Å². The molecule has 0 saturated heterocycles. The molecular weight excluding hydrogens is 182 g/mol. The average molecular weight is 189 g/mol. The van der Waals surface area contributed by atoms with Gasteiger partial charge in [0.05, 0.1) is 10.4 Å². The fourth-order valence-corrected chi connectivity index (χ4v) is 1.38. The van der Waals surface area contributed by atoms with Crippen LogP contribution in [0, 0.1) is 17.0 Å².